The Balaban J connectivity index is 1.47. The number of hydrogen-bond acceptors (Lipinski definition) is 4. The van der Waals surface area contributed by atoms with Gasteiger partial charge in [0, 0.05) is 19.1 Å². The number of likely N-dealkylation sites (tertiary alicyclic amines) is 1. The molecule has 1 saturated heterocycles. The summed E-state index contributed by atoms with van der Waals surface area (Å²) < 4.78 is 1.93. The molecule has 2 aliphatic rings. The molecule has 2 fully saturated rings. The second kappa shape index (κ2) is 7.92. The van der Waals surface area contributed by atoms with Crippen molar-refractivity contribution in [2.75, 3.05) is 18.8 Å². The first-order valence-electron chi connectivity index (χ1n) is 9.75. The van der Waals surface area contributed by atoms with E-state index >= 15 is 0 Å². The molecule has 2 amide bonds. The Morgan fingerprint density at radius 1 is 1.26 bits per heavy atom. The lowest BCUT2D eigenvalue weighted by molar-refractivity contribution is -0.130. The Morgan fingerprint density at radius 2 is 2.07 bits per heavy atom. The molecule has 7 heteroatoms. The van der Waals surface area contributed by atoms with Crippen molar-refractivity contribution >= 4 is 34.6 Å². The monoisotopic (exact) mass is 386 g/mol. The molecular formula is C20H26N4O2S. The summed E-state index contributed by atoms with van der Waals surface area (Å²) in [6, 6.07) is 8.16. The molecule has 1 atom stereocenters. The summed E-state index contributed by atoms with van der Waals surface area (Å²) >= 11 is 1.43. The molecule has 0 bridgehead atoms. The van der Waals surface area contributed by atoms with Crippen LogP contribution in [0, 0.1) is 5.92 Å². The number of thioether (sulfide) groups is 1. The fourth-order valence-corrected chi connectivity index (χ4v) is 4.51. The zero-order chi connectivity index (χ0) is 18.8. The van der Waals surface area contributed by atoms with Gasteiger partial charge in [0.15, 0.2) is 5.16 Å². The Morgan fingerprint density at radius 3 is 2.85 bits per heavy atom. The third-order valence-corrected chi connectivity index (χ3v) is 6.16. The molecule has 1 saturated carbocycles. The number of aromatic nitrogens is 2. The van der Waals surface area contributed by atoms with Gasteiger partial charge in [0.1, 0.15) is 6.54 Å². The molecule has 1 aliphatic carbocycles. The first kappa shape index (κ1) is 18.3. The Labute approximate surface area is 163 Å². The summed E-state index contributed by atoms with van der Waals surface area (Å²) in [6.07, 6.45) is 4.42. The minimum Gasteiger partial charge on any atom is -0.352 e. The largest absolute Gasteiger partial charge is 0.352 e. The predicted molar refractivity (Wildman–Crippen MR) is 107 cm³/mol. The molecule has 1 aromatic carbocycles. The molecule has 2 heterocycles. The molecule has 1 aliphatic heterocycles. The standard InChI is InChI=1S/C20H26N4O2S/c1-14-5-4-10-23(11-14)19(26)13-27-20-22-16-6-2-3-7-17(16)24(20)12-18(25)21-15-8-9-15/h2-3,6-7,14-15H,4-5,8-13H2,1H3,(H,21,25)/t14-/m0/s1. The molecule has 4 rings (SSSR count). The third kappa shape index (κ3) is 4.46. The van der Waals surface area contributed by atoms with Crippen molar-refractivity contribution in [3.63, 3.8) is 0 Å². The van der Waals surface area contributed by atoms with E-state index in [-0.39, 0.29) is 18.4 Å². The number of amides is 2. The second-order valence-corrected chi connectivity index (χ2v) is 8.63. The number of rotatable bonds is 6. The average molecular weight is 387 g/mol. The minimum absolute atomic E-state index is 0.0127. The number of nitrogens with one attached hydrogen (secondary N) is 1. The Kier molecular flexibility index (Phi) is 5.38. The smallest absolute Gasteiger partial charge is 0.240 e. The molecule has 2 aromatic rings. The van der Waals surface area contributed by atoms with E-state index in [1.165, 1.54) is 18.2 Å². The molecule has 0 unspecified atom stereocenters. The molecule has 1 aromatic heterocycles. The van der Waals surface area contributed by atoms with Crippen LogP contribution < -0.4 is 5.32 Å². The number of carbonyl (C=O) groups is 2. The van der Waals surface area contributed by atoms with Crippen molar-refractivity contribution in [2.24, 2.45) is 5.92 Å². The van der Waals surface area contributed by atoms with Crippen molar-refractivity contribution in [2.45, 2.75) is 50.4 Å². The number of hydrogen-bond donors (Lipinski definition) is 1. The summed E-state index contributed by atoms with van der Waals surface area (Å²) in [5.74, 6) is 1.11. The zero-order valence-corrected chi connectivity index (χ0v) is 16.5. The van der Waals surface area contributed by atoms with Gasteiger partial charge in [-0.25, -0.2) is 4.98 Å². The van der Waals surface area contributed by atoms with Crippen LogP contribution >= 0.6 is 11.8 Å². The van der Waals surface area contributed by atoms with Crippen molar-refractivity contribution in [3.05, 3.63) is 24.3 Å². The van der Waals surface area contributed by atoms with E-state index in [1.807, 2.05) is 33.7 Å². The summed E-state index contributed by atoms with van der Waals surface area (Å²) in [7, 11) is 0. The maximum Gasteiger partial charge on any atom is 0.240 e. The maximum atomic E-state index is 12.6. The van der Waals surface area contributed by atoms with Gasteiger partial charge in [0.05, 0.1) is 16.8 Å². The highest BCUT2D eigenvalue weighted by Gasteiger charge is 2.25. The van der Waals surface area contributed by atoms with Gasteiger partial charge in [0.25, 0.3) is 0 Å². The highest BCUT2D eigenvalue weighted by molar-refractivity contribution is 7.99. The topological polar surface area (TPSA) is 67.2 Å². The lowest BCUT2D eigenvalue weighted by Crippen LogP contribution is -2.40. The Hall–Kier alpha value is -2.02. The van der Waals surface area contributed by atoms with Crippen molar-refractivity contribution in [3.8, 4) is 0 Å². The number of nitrogens with zero attached hydrogens (tertiary/aromatic N) is 3. The van der Waals surface area contributed by atoms with Crippen LogP contribution in [0.5, 0.6) is 0 Å². The number of imidazole rings is 1. The predicted octanol–water partition coefficient (Wildman–Crippen LogP) is 2.67. The van der Waals surface area contributed by atoms with Crippen LogP contribution in [0.15, 0.2) is 29.4 Å². The highest BCUT2D eigenvalue weighted by Crippen LogP contribution is 2.26. The fraction of sp³-hybridized carbons (Fsp3) is 0.550. The van der Waals surface area contributed by atoms with Gasteiger partial charge in [-0.05, 0) is 43.7 Å². The van der Waals surface area contributed by atoms with Crippen LogP contribution in [0.25, 0.3) is 11.0 Å². The van der Waals surface area contributed by atoms with Crippen LogP contribution in [0.2, 0.25) is 0 Å². The van der Waals surface area contributed by atoms with Crippen molar-refractivity contribution in [1.29, 1.82) is 0 Å². The molecule has 0 spiro atoms. The van der Waals surface area contributed by atoms with E-state index in [1.54, 1.807) is 0 Å². The SMILES string of the molecule is C[C@H]1CCCN(C(=O)CSc2nc3ccccc3n2CC(=O)NC2CC2)C1. The molecular weight excluding hydrogens is 360 g/mol. The summed E-state index contributed by atoms with van der Waals surface area (Å²) in [5.41, 5.74) is 1.79. The quantitative estimate of drug-likeness (QED) is 0.775. The molecule has 144 valence electrons. The van der Waals surface area contributed by atoms with Gasteiger partial charge in [-0.15, -0.1) is 0 Å². The lowest BCUT2D eigenvalue weighted by Gasteiger charge is -2.30. The van der Waals surface area contributed by atoms with E-state index < -0.39 is 0 Å². The first-order valence-corrected chi connectivity index (χ1v) is 10.7. The van der Waals surface area contributed by atoms with Gasteiger partial charge in [0.2, 0.25) is 11.8 Å². The number of piperidine rings is 1. The van der Waals surface area contributed by atoms with E-state index in [4.69, 9.17) is 0 Å². The Bertz CT molecular complexity index is 846. The van der Waals surface area contributed by atoms with E-state index in [9.17, 15) is 9.59 Å². The van der Waals surface area contributed by atoms with Crippen LogP contribution in [0.3, 0.4) is 0 Å². The zero-order valence-electron chi connectivity index (χ0n) is 15.7. The molecule has 0 radical (unpaired) electrons. The van der Waals surface area contributed by atoms with E-state index in [2.05, 4.69) is 17.2 Å². The number of carbonyl (C=O) groups excluding carboxylic acids is 2. The summed E-state index contributed by atoms with van der Waals surface area (Å²) in [4.78, 5) is 31.6. The van der Waals surface area contributed by atoms with E-state index in [0.717, 1.165) is 48.5 Å². The normalized spacial score (nSPS) is 20.0. The molecule has 1 N–H and O–H groups in total. The molecule has 27 heavy (non-hydrogen) atoms. The molecule has 6 nitrogen and oxygen atoms in total. The van der Waals surface area contributed by atoms with Gasteiger partial charge in [-0.3, -0.25) is 9.59 Å². The fourth-order valence-electron chi connectivity index (χ4n) is 3.59. The number of fused-ring (bicyclic) bond motifs is 1. The first-order chi connectivity index (χ1) is 13.1. The summed E-state index contributed by atoms with van der Waals surface area (Å²) in [5, 5.41) is 3.77. The second-order valence-electron chi connectivity index (χ2n) is 7.69. The van der Waals surface area contributed by atoms with Crippen molar-refractivity contribution < 1.29 is 9.59 Å². The number of benzene rings is 1. The summed E-state index contributed by atoms with van der Waals surface area (Å²) in [6.45, 7) is 4.14. The van der Waals surface area contributed by atoms with Gasteiger partial charge < -0.3 is 14.8 Å². The van der Waals surface area contributed by atoms with Gasteiger partial charge >= 0.3 is 0 Å². The lowest BCUT2D eigenvalue weighted by atomic mass is 10.0. The third-order valence-electron chi connectivity index (χ3n) is 5.20. The average Bonchev–Trinajstić information content (AvgIpc) is 3.40. The number of para-hydroxylation sites is 2. The van der Waals surface area contributed by atoms with Gasteiger partial charge in [-0.1, -0.05) is 30.8 Å². The minimum atomic E-state index is 0.0127. The van der Waals surface area contributed by atoms with Crippen LogP contribution in [-0.4, -0.2) is 51.1 Å². The highest BCUT2D eigenvalue weighted by atomic mass is 32.2. The van der Waals surface area contributed by atoms with E-state index in [0.29, 0.717) is 17.7 Å². The maximum absolute atomic E-state index is 12.6. The van der Waals surface area contributed by atoms with Crippen LogP contribution in [-0.2, 0) is 16.1 Å². The van der Waals surface area contributed by atoms with Crippen molar-refractivity contribution in [1.82, 2.24) is 19.8 Å². The van der Waals surface area contributed by atoms with Crippen LogP contribution in [0.4, 0.5) is 0 Å². The van der Waals surface area contributed by atoms with Gasteiger partial charge in [-0.2, -0.15) is 0 Å². The van der Waals surface area contributed by atoms with Crippen LogP contribution in [0.1, 0.15) is 32.6 Å².